The van der Waals surface area contributed by atoms with Crippen molar-refractivity contribution in [2.45, 2.75) is 6.92 Å². The average Bonchev–Trinajstić information content (AvgIpc) is 2.42. The van der Waals surface area contributed by atoms with E-state index in [2.05, 4.69) is 15.7 Å². The number of carbonyl (C=O) groups excluding carboxylic acids is 1. The molecule has 0 spiro atoms. The molecular formula is C13H12F2N4O. The number of aryl methyl sites for hydroxylation is 1. The zero-order valence-electron chi connectivity index (χ0n) is 10.6. The predicted molar refractivity (Wildman–Crippen MR) is 71.1 cm³/mol. The standard InChI is InChI=1S/C13H12F2N4O/c1-7-4-8(5-12(17-7)19-16)13(20)18-11-6-9(14)2-3-10(11)15/h2-6H,16H2,1H3,(H,17,19)(H,18,20). The van der Waals surface area contributed by atoms with Gasteiger partial charge in [-0.1, -0.05) is 0 Å². The van der Waals surface area contributed by atoms with Crippen molar-refractivity contribution < 1.29 is 13.6 Å². The molecule has 1 aromatic heterocycles. The third-order valence-corrected chi connectivity index (χ3v) is 2.54. The molecule has 0 saturated heterocycles. The third kappa shape index (κ3) is 3.07. The van der Waals surface area contributed by atoms with Crippen molar-refractivity contribution in [3.63, 3.8) is 0 Å². The van der Waals surface area contributed by atoms with Crippen LogP contribution in [0.2, 0.25) is 0 Å². The molecule has 0 saturated carbocycles. The van der Waals surface area contributed by atoms with E-state index < -0.39 is 17.5 Å². The van der Waals surface area contributed by atoms with Crippen LogP contribution in [0.1, 0.15) is 16.1 Å². The van der Waals surface area contributed by atoms with E-state index >= 15 is 0 Å². The van der Waals surface area contributed by atoms with Crippen LogP contribution in [0, 0.1) is 18.6 Å². The zero-order chi connectivity index (χ0) is 14.7. The molecule has 2 aromatic rings. The molecule has 1 heterocycles. The Balaban J connectivity index is 2.28. The molecule has 1 aromatic carbocycles. The summed E-state index contributed by atoms with van der Waals surface area (Å²) in [5, 5.41) is 2.30. The molecular weight excluding hydrogens is 266 g/mol. The molecule has 104 valence electrons. The van der Waals surface area contributed by atoms with Crippen LogP contribution in [0.5, 0.6) is 0 Å². The maximum atomic E-state index is 13.4. The van der Waals surface area contributed by atoms with Crippen LogP contribution in [0.3, 0.4) is 0 Å². The van der Waals surface area contributed by atoms with Gasteiger partial charge in [-0.2, -0.15) is 0 Å². The Labute approximate surface area is 113 Å². The fraction of sp³-hybridized carbons (Fsp3) is 0.0769. The molecule has 4 N–H and O–H groups in total. The normalized spacial score (nSPS) is 10.2. The first-order chi connectivity index (χ1) is 9.49. The van der Waals surface area contributed by atoms with Gasteiger partial charge in [-0.25, -0.2) is 19.6 Å². The smallest absolute Gasteiger partial charge is 0.255 e. The molecule has 0 unspecified atom stereocenters. The maximum Gasteiger partial charge on any atom is 0.255 e. The van der Waals surface area contributed by atoms with Crippen LogP contribution in [-0.4, -0.2) is 10.9 Å². The fourth-order valence-electron chi connectivity index (χ4n) is 1.66. The van der Waals surface area contributed by atoms with Gasteiger partial charge in [0.15, 0.2) is 0 Å². The Morgan fingerprint density at radius 1 is 1.25 bits per heavy atom. The van der Waals surface area contributed by atoms with Gasteiger partial charge in [-0.05, 0) is 31.2 Å². The van der Waals surface area contributed by atoms with Crippen LogP contribution in [0.4, 0.5) is 20.3 Å². The molecule has 7 heteroatoms. The summed E-state index contributed by atoms with van der Waals surface area (Å²) < 4.78 is 26.5. The molecule has 5 nitrogen and oxygen atoms in total. The monoisotopic (exact) mass is 278 g/mol. The molecule has 20 heavy (non-hydrogen) atoms. The summed E-state index contributed by atoms with van der Waals surface area (Å²) in [6.07, 6.45) is 0. The quantitative estimate of drug-likeness (QED) is 0.594. The van der Waals surface area contributed by atoms with Gasteiger partial charge in [0, 0.05) is 17.3 Å². The Morgan fingerprint density at radius 2 is 2.00 bits per heavy atom. The van der Waals surface area contributed by atoms with Crippen LogP contribution in [0.25, 0.3) is 0 Å². The van der Waals surface area contributed by atoms with Gasteiger partial charge in [0.1, 0.15) is 17.5 Å². The highest BCUT2D eigenvalue weighted by atomic mass is 19.1. The fourth-order valence-corrected chi connectivity index (χ4v) is 1.66. The van der Waals surface area contributed by atoms with Crippen molar-refractivity contribution in [1.82, 2.24) is 4.98 Å². The van der Waals surface area contributed by atoms with Crippen molar-refractivity contribution in [2.75, 3.05) is 10.7 Å². The lowest BCUT2D eigenvalue weighted by molar-refractivity contribution is 0.102. The van der Waals surface area contributed by atoms with E-state index in [9.17, 15) is 13.6 Å². The second-order valence-electron chi connectivity index (χ2n) is 4.11. The van der Waals surface area contributed by atoms with Gasteiger partial charge in [0.05, 0.1) is 5.69 Å². The summed E-state index contributed by atoms with van der Waals surface area (Å²) in [4.78, 5) is 16.0. The maximum absolute atomic E-state index is 13.4. The van der Waals surface area contributed by atoms with E-state index in [4.69, 9.17) is 5.84 Å². The van der Waals surface area contributed by atoms with E-state index in [1.165, 1.54) is 12.1 Å². The van der Waals surface area contributed by atoms with E-state index in [-0.39, 0.29) is 11.3 Å². The number of nitrogens with two attached hydrogens (primary N) is 1. The second kappa shape index (κ2) is 5.62. The molecule has 0 aliphatic carbocycles. The molecule has 0 fully saturated rings. The molecule has 0 atom stereocenters. The van der Waals surface area contributed by atoms with Gasteiger partial charge in [-0.15, -0.1) is 0 Å². The summed E-state index contributed by atoms with van der Waals surface area (Å²) in [6.45, 7) is 1.68. The first-order valence-corrected chi connectivity index (χ1v) is 5.71. The number of hydrazine groups is 1. The minimum Gasteiger partial charge on any atom is -0.319 e. The zero-order valence-corrected chi connectivity index (χ0v) is 10.6. The van der Waals surface area contributed by atoms with Gasteiger partial charge < -0.3 is 10.7 Å². The number of benzene rings is 1. The van der Waals surface area contributed by atoms with Crippen LogP contribution in [0.15, 0.2) is 30.3 Å². The van der Waals surface area contributed by atoms with E-state index in [0.717, 1.165) is 18.2 Å². The van der Waals surface area contributed by atoms with Crippen LogP contribution in [-0.2, 0) is 0 Å². The van der Waals surface area contributed by atoms with Crippen molar-refractivity contribution in [3.05, 3.63) is 53.2 Å². The first kappa shape index (κ1) is 13.9. The second-order valence-corrected chi connectivity index (χ2v) is 4.11. The summed E-state index contributed by atoms with van der Waals surface area (Å²) in [6, 6.07) is 5.73. The van der Waals surface area contributed by atoms with Gasteiger partial charge in [-0.3, -0.25) is 4.79 Å². The van der Waals surface area contributed by atoms with E-state index in [1.807, 2.05) is 0 Å². The highest BCUT2D eigenvalue weighted by Crippen LogP contribution is 2.17. The lowest BCUT2D eigenvalue weighted by atomic mass is 10.2. The summed E-state index contributed by atoms with van der Waals surface area (Å²) in [7, 11) is 0. The average molecular weight is 278 g/mol. The highest BCUT2D eigenvalue weighted by molar-refractivity contribution is 6.04. The summed E-state index contributed by atoms with van der Waals surface area (Å²) in [5.41, 5.74) is 2.88. The lowest BCUT2D eigenvalue weighted by Gasteiger charge is -2.08. The summed E-state index contributed by atoms with van der Waals surface area (Å²) >= 11 is 0. The number of nitrogens with zero attached hydrogens (tertiary/aromatic N) is 1. The SMILES string of the molecule is Cc1cc(C(=O)Nc2cc(F)ccc2F)cc(NN)n1. The highest BCUT2D eigenvalue weighted by Gasteiger charge is 2.12. The molecule has 0 aliphatic rings. The van der Waals surface area contributed by atoms with Crippen LogP contribution < -0.4 is 16.6 Å². The number of rotatable bonds is 3. The van der Waals surface area contributed by atoms with Crippen molar-refractivity contribution in [2.24, 2.45) is 5.84 Å². The van der Waals surface area contributed by atoms with Crippen molar-refractivity contribution in [3.8, 4) is 0 Å². The Hall–Kier alpha value is -2.54. The number of halogens is 2. The minimum atomic E-state index is -0.720. The number of anilines is 2. The lowest BCUT2D eigenvalue weighted by Crippen LogP contribution is -2.16. The van der Waals surface area contributed by atoms with Gasteiger partial charge in [0.25, 0.3) is 5.91 Å². The molecule has 0 radical (unpaired) electrons. The van der Waals surface area contributed by atoms with Gasteiger partial charge >= 0.3 is 0 Å². The molecule has 0 bridgehead atoms. The Bertz CT molecular complexity index is 661. The number of pyridine rings is 1. The van der Waals surface area contributed by atoms with Crippen molar-refractivity contribution >= 4 is 17.4 Å². The molecule has 2 rings (SSSR count). The van der Waals surface area contributed by atoms with Gasteiger partial charge in [0.2, 0.25) is 0 Å². The van der Waals surface area contributed by atoms with Crippen LogP contribution >= 0.6 is 0 Å². The van der Waals surface area contributed by atoms with E-state index in [0.29, 0.717) is 11.5 Å². The van der Waals surface area contributed by atoms with Crippen molar-refractivity contribution in [1.29, 1.82) is 0 Å². The number of carbonyl (C=O) groups is 1. The topological polar surface area (TPSA) is 80.0 Å². The Kier molecular flexibility index (Phi) is 3.90. The molecule has 1 amide bonds. The number of nitrogens with one attached hydrogen (secondary N) is 2. The minimum absolute atomic E-state index is 0.230. The number of aromatic nitrogens is 1. The predicted octanol–water partition coefficient (Wildman–Crippen LogP) is 2.21. The number of hydrogen-bond donors (Lipinski definition) is 3. The largest absolute Gasteiger partial charge is 0.319 e. The summed E-state index contributed by atoms with van der Waals surface area (Å²) in [5.74, 6) is 3.58. The number of nitrogen functional groups attached to an aromatic ring is 1. The number of amides is 1. The first-order valence-electron chi connectivity index (χ1n) is 5.71. The van der Waals surface area contributed by atoms with E-state index in [1.54, 1.807) is 6.92 Å². The number of hydrogen-bond acceptors (Lipinski definition) is 4. The third-order valence-electron chi connectivity index (χ3n) is 2.54. The Morgan fingerprint density at radius 3 is 2.70 bits per heavy atom. The molecule has 0 aliphatic heterocycles.